The van der Waals surface area contributed by atoms with E-state index in [2.05, 4.69) is 0 Å². The molecule has 0 spiro atoms. The number of amides is 1. The second kappa shape index (κ2) is 6.40. The van der Waals surface area contributed by atoms with Gasteiger partial charge in [0, 0.05) is 24.4 Å². The second-order valence-electron chi connectivity index (χ2n) is 5.87. The average Bonchev–Trinajstić information content (AvgIpc) is 2.95. The maximum Gasteiger partial charge on any atom is 0.303 e. The number of rotatable bonds is 4. The number of likely N-dealkylation sites (tertiary alicyclic amines) is 1. The van der Waals surface area contributed by atoms with E-state index in [1.807, 2.05) is 0 Å². The van der Waals surface area contributed by atoms with Crippen LogP contribution in [0.25, 0.3) is 11.0 Å². The molecule has 2 heterocycles. The maximum absolute atomic E-state index is 13.2. The number of hydrogen-bond donors (Lipinski definition) is 1. The van der Waals surface area contributed by atoms with Crippen molar-refractivity contribution in [1.29, 1.82) is 0 Å². The average molecular weight is 319 g/mol. The summed E-state index contributed by atoms with van der Waals surface area (Å²) in [6.07, 6.45) is 3.16. The van der Waals surface area contributed by atoms with Gasteiger partial charge in [0.05, 0.1) is 0 Å². The van der Waals surface area contributed by atoms with Crippen LogP contribution in [-0.4, -0.2) is 34.5 Å². The minimum absolute atomic E-state index is 0.0415. The van der Waals surface area contributed by atoms with Crippen LogP contribution in [0.15, 0.2) is 28.7 Å². The Morgan fingerprint density at radius 3 is 2.91 bits per heavy atom. The lowest BCUT2D eigenvalue weighted by atomic mass is 9.97. The predicted octanol–water partition coefficient (Wildman–Crippen LogP) is 3.43. The molecule has 1 aliphatic heterocycles. The lowest BCUT2D eigenvalue weighted by Gasteiger charge is -2.35. The number of fused-ring (bicyclic) bond motifs is 1. The van der Waals surface area contributed by atoms with Crippen LogP contribution in [-0.2, 0) is 4.79 Å². The number of benzene rings is 1. The van der Waals surface area contributed by atoms with Gasteiger partial charge in [-0.3, -0.25) is 9.59 Å². The van der Waals surface area contributed by atoms with E-state index in [1.165, 1.54) is 18.2 Å². The third-order valence-corrected chi connectivity index (χ3v) is 4.27. The van der Waals surface area contributed by atoms with E-state index in [0.29, 0.717) is 23.9 Å². The number of halogens is 1. The van der Waals surface area contributed by atoms with Gasteiger partial charge in [0.1, 0.15) is 11.4 Å². The molecule has 5 nitrogen and oxygen atoms in total. The van der Waals surface area contributed by atoms with Crippen molar-refractivity contribution in [3.63, 3.8) is 0 Å². The lowest BCUT2D eigenvalue weighted by molar-refractivity contribution is -0.137. The van der Waals surface area contributed by atoms with Gasteiger partial charge in [-0.05, 0) is 49.9 Å². The number of carbonyl (C=O) groups is 2. The number of carboxylic acid groups (broad SMARTS) is 1. The first-order valence-electron chi connectivity index (χ1n) is 7.76. The van der Waals surface area contributed by atoms with Crippen molar-refractivity contribution < 1.29 is 23.5 Å². The summed E-state index contributed by atoms with van der Waals surface area (Å²) in [5.74, 6) is -1.32. The summed E-state index contributed by atoms with van der Waals surface area (Å²) in [5, 5.41) is 9.40. The Morgan fingerprint density at radius 1 is 1.30 bits per heavy atom. The topological polar surface area (TPSA) is 70.8 Å². The van der Waals surface area contributed by atoms with Crippen LogP contribution in [0.5, 0.6) is 0 Å². The van der Waals surface area contributed by atoms with Crippen molar-refractivity contribution in [2.75, 3.05) is 6.54 Å². The third-order valence-electron chi connectivity index (χ3n) is 4.27. The van der Waals surface area contributed by atoms with Gasteiger partial charge >= 0.3 is 5.97 Å². The van der Waals surface area contributed by atoms with E-state index < -0.39 is 5.97 Å². The summed E-state index contributed by atoms with van der Waals surface area (Å²) >= 11 is 0. The molecule has 1 aliphatic rings. The number of carboxylic acids is 1. The van der Waals surface area contributed by atoms with E-state index in [4.69, 9.17) is 9.52 Å². The van der Waals surface area contributed by atoms with E-state index in [-0.39, 0.29) is 29.9 Å². The molecule has 23 heavy (non-hydrogen) atoms. The summed E-state index contributed by atoms with van der Waals surface area (Å²) in [6.45, 7) is 0.592. The van der Waals surface area contributed by atoms with Gasteiger partial charge in [0.2, 0.25) is 0 Å². The van der Waals surface area contributed by atoms with Crippen LogP contribution in [0.2, 0.25) is 0 Å². The zero-order valence-corrected chi connectivity index (χ0v) is 12.6. The minimum atomic E-state index is -0.859. The monoisotopic (exact) mass is 319 g/mol. The molecule has 1 aromatic heterocycles. The molecule has 1 unspecified atom stereocenters. The number of carbonyl (C=O) groups excluding carboxylic acids is 1. The fourth-order valence-electron chi connectivity index (χ4n) is 3.12. The zero-order valence-electron chi connectivity index (χ0n) is 12.6. The molecule has 1 N–H and O–H groups in total. The molecule has 6 heteroatoms. The highest BCUT2D eigenvalue weighted by Gasteiger charge is 2.29. The molecule has 122 valence electrons. The Balaban J connectivity index is 1.81. The van der Waals surface area contributed by atoms with Crippen molar-refractivity contribution in [2.24, 2.45) is 0 Å². The summed E-state index contributed by atoms with van der Waals surface area (Å²) < 4.78 is 18.8. The normalized spacial score (nSPS) is 18.3. The molecule has 0 bridgehead atoms. The Bertz CT molecular complexity index is 739. The first-order chi connectivity index (χ1) is 11.0. The summed E-state index contributed by atoms with van der Waals surface area (Å²) in [7, 11) is 0. The van der Waals surface area contributed by atoms with Crippen molar-refractivity contribution in [3.05, 3.63) is 35.8 Å². The Kier molecular flexibility index (Phi) is 4.32. The predicted molar refractivity (Wildman–Crippen MR) is 81.7 cm³/mol. The van der Waals surface area contributed by atoms with Gasteiger partial charge in [0.25, 0.3) is 5.91 Å². The number of nitrogens with zero attached hydrogens (tertiary/aromatic N) is 1. The minimum Gasteiger partial charge on any atom is -0.481 e. The van der Waals surface area contributed by atoms with Gasteiger partial charge < -0.3 is 14.4 Å². The van der Waals surface area contributed by atoms with Gasteiger partial charge in [-0.1, -0.05) is 0 Å². The molecule has 0 aliphatic carbocycles. The number of furan rings is 1. The van der Waals surface area contributed by atoms with Gasteiger partial charge in [0.15, 0.2) is 5.76 Å². The van der Waals surface area contributed by atoms with Crippen LogP contribution in [0, 0.1) is 5.82 Å². The SMILES string of the molecule is O=C(O)CCC1CCCCN1C(=O)c1cc2cc(F)ccc2o1. The second-order valence-corrected chi connectivity index (χ2v) is 5.87. The van der Waals surface area contributed by atoms with Crippen molar-refractivity contribution in [2.45, 2.75) is 38.1 Å². The van der Waals surface area contributed by atoms with Crippen LogP contribution >= 0.6 is 0 Å². The van der Waals surface area contributed by atoms with E-state index in [1.54, 1.807) is 11.0 Å². The highest BCUT2D eigenvalue weighted by molar-refractivity contribution is 5.96. The van der Waals surface area contributed by atoms with E-state index in [9.17, 15) is 14.0 Å². The van der Waals surface area contributed by atoms with Crippen LogP contribution in [0.3, 0.4) is 0 Å². The maximum atomic E-state index is 13.2. The van der Waals surface area contributed by atoms with Gasteiger partial charge in [-0.2, -0.15) is 0 Å². The van der Waals surface area contributed by atoms with Crippen LogP contribution in [0.1, 0.15) is 42.7 Å². The molecule has 2 aromatic rings. The van der Waals surface area contributed by atoms with Gasteiger partial charge in [-0.15, -0.1) is 0 Å². The molecular formula is C17H18FNO4. The first kappa shape index (κ1) is 15.5. The van der Waals surface area contributed by atoms with Crippen molar-refractivity contribution in [1.82, 2.24) is 4.90 Å². The summed E-state index contributed by atoms with van der Waals surface area (Å²) in [6, 6.07) is 5.57. The Hall–Kier alpha value is -2.37. The highest BCUT2D eigenvalue weighted by Crippen LogP contribution is 2.26. The lowest BCUT2D eigenvalue weighted by Crippen LogP contribution is -2.43. The third kappa shape index (κ3) is 3.36. The number of piperidine rings is 1. The zero-order chi connectivity index (χ0) is 16.4. The largest absolute Gasteiger partial charge is 0.481 e. The fraction of sp³-hybridized carbons (Fsp3) is 0.412. The standard InChI is InChI=1S/C17H18FNO4/c18-12-4-6-14-11(9-12)10-15(23-14)17(22)19-8-2-1-3-13(19)5-7-16(20)21/h4,6,9-10,13H,1-3,5,7-8H2,(H,20,21). The molecule has 0 radical (unpaired) electrons. The summed E-state index contributed by atoms with van der Waals surface area (Å²) in [5.41, 5.74) is 0.467. The molecule has 3 rings (SSSR count). The molecule has 1 amide bonds. The fourth-order valence-corrected chi connectivity index (χ4v) is 3.12. The molecule has 1 fully saturated rings. The van der Waals surface area contributed by atoms with Gasteiger partial charge in [-0.25, -0.2) is 4.39 Å². The smallest absolute Gasteiger partial charge is 0.303 e. The highest BCUT2D eigenvalue weighted by atomic mass is 19.1. The van der Waals surface area contributed by atoms with E-state index >= 15 is 0 Å². The quantitative estimate of drug-likeness (QED) is 0.937. The first-order valence-corrected chi connectivity index (χ1v) is 7.76. The Morgan fingerprint density at radius 2 is 2.13 bits per heavy atom. The van der Waals surface area contributed by atoms with Crippen LogP contribution in [0.4, 0.5) is 4.39 Å². The Labute approximate surface area is 132 Å². The van der Waals surface area contributed by atoms with Crippen LogP contribution < -0.4 is 0 Å². The van der Waals surface area contributed by atoms with E-state index in [0.717, 1.165) is 19.3 Å². The molecular weight excluding hydrogens is 301 g/mol. The summed E-state index contributed by atoms with van der Waals surface area (Å²) in [4.78, 5) is 25.2. The molecule has 1 saturated heterocycles. The number of aliphatic carboxylic acids is 1. The molecule has 0 saturated carbocycles. The van der Waals surface area contributed by atoms with Crippen molar-refractivity contribution >= 4 is 22.8 Å². The van der Waals surface area contributed by atoms with Crippen molar-refractivity contribution in [3.8, 4) is 0 Å². The molecule has 1 atom stereocenters. The molecule has 1 aromatic carbocycles. The number of hydrogen-bond acceptors (Lipinski definition) is 3.